The molecule has 0 radical (unpaired) electrons. The Morgan fingerprint density at radius 1 is 0.955 bits per heavy atom. The maximum atomic E-state index is 12.1. The molecule has 22 heavy (non-hydrogen) atoms. The number of hydrogen-bond acceptors (Lipinski definition) is 2. The number of rotatable bonds is 7. The number of nitrogens with one attached hydrogen (secondary N) is 2. The fourth-order valence-electron chi connectivity index (χ4n) is 2.31. The van der Waals surface area contributed by atoms with Crippen LogP contribution in [0.1, 0.15) is 30.0 Å². The minimum absolute atomic E-state index is 0. The highest BCUT2D eigenvalue weighted by Crippen LogP contribution is 2.21. The largest absolute Gasteiger partial charge is 0.345 e. The van der Waals surface area contributed by atoms with Crippen LogP contribution in [0.3, 0.4) is 0 Å². The zero-order chi connectivity index (χ0) is 14.9. The first-order chi connectivity index (χ1) is 10.3. The van der Waals surface area contributed by atoms with Gasteiger partial charge in [-0.25, -0.2) is 0 Å². The molecule has 0 atom stereocenters. The topological polar surface area (TPSA) is 41.1 Å². The molecule has 0 heterocycles. The molecule has 4 heteroatoms. The van der Waals surface area contributed by atoms with E-state index in [0.717, 1.165) is 24.1 Å². The lowest BCUT2D eigenvalue weighted by Gasteiger charge is -2.20. The average molecular weight is 319 g/mol. The van der Waals surface area contributed by atoms with Crippen molar-refractivity contribution in [2.45, 2.75) is 18.9 Å². The Bertz CT molecular complexity index is 506. The lowest BCUT2D eigenvalue weighted by atomic mass is 9.98. The number of benzene rings is 2. The van der Waals surface area contributed by atoms with E-state index in [-0.39, 0.29) is 24.4 Å². The molecule has 2 aromatic rings. The van der Waals surface area contributed by atoms with Crippen molar-refractivity contribution in [3.05, 3.63) is 71.8 Å². The molecule has 0 unspecified atom stereocenters. The van der Waals surface area contributed by atoms with Gasteiger partial charge in [0.2, 0.25) is 5.91 Å². The molecule has 0 saturated carbocycles. The first kappa shape index (κ1) is 18.2. The van der Waals surface area contributed by atoms with Crippen molar-refractivity contribution >= 4 is 18.3 Å². The SMILES string of the molecule is CNCCCC(=O)NC(c1ccccc1)c1ccccc1.Cl. The number of halogens is 1. The quantitative estimate of drug-likeness (QED) is 0.769. The molecule has 2 N–H and O–H groups in total. The Morgan fingerprint density at radius 3 is 1.91 bits per heavy atom. The van der Waals surface area contributed by atoms with Gasteiger partial charge in [0.1, 0.15) is 0 Å². The predicted molar refractivity (Wildman–Crippen MR) is 93.3 cm³/mol. The van der Waals surface area contributed by atoms with Crippen molar-refractivity contribution in [2.24, 2.45) is 0 Å². The van der Waals surface area contributed by atoms with Crippen LogP contribution in [0.4, 0.5) is 0 Å². The normalized spacial score (nSPS) is 10.1. The fraction of sp³-hybridized carbons (Fsp3) is 0.278. The lowest BCUT2D eigenvalue weighted by Crippen LogP contribution is -2.29. The maximum absolute atomic E-state index is 12.1. The van der Waals surface area contributed by atoms with Gasteiger partial charge in [-0.05, 0) is 31.1 Å². The van der Waals surface area contributed by atoms with Crippen LogP contribution in [0, 0.1) is 0 Å². The van der Waals surface area contributed by atoms with Crippen molar-refractivity contribution < 1.29 is 4.79 Å². The van der Waals surface area contributed by atoms with E-state index in [1.165, 1.54) is 0 Å². The second kappa shape index (κ2) is 9.98. The van der Waals surface area contributed by atoms with E-state index in [1.807, 2.05) is 67.7 Å². The highest BCUT2D eigenvalue weighted by molar-refractivity contribution is 5.85. The molecule has 0 aliphatic carbocycles. The van der Waals surface area contributed by atoms with Crippen molar-refractivity contribution in [2.75, 3.05) is 13.6 Å². The van der Waals surface area contributed by atoms with E-state index in [1.54, 1.807) is 0 Å². The third-order valence-electron chi connectivity index (χ3n) is 3.40. The molecule has 2 rings (SSSR count). The Kier molecular flexibility index (Phi) is 8.26. The summed E-state index contributed by atoms with van der Waals surface area (Å²) in [5, 5.41) is 6.20. The second-order valence-electron chi connectivity index (χ2n) is 5.03. The third kappa shape index (κ3) is 5.51. The van der Waals surface area contributed by atoms with Crippen LogP contribution in [0.15, 0.2) is 60.7 Å². The molecule has 3 nitrogen and oxygen atoms in total. The monoisotopic (exact) mass is 318 g/mol. The van der Waals surface area contributed by atoms with Crippen LogP contribution in [0.25, 0.3) is 0 Å². The summed E-state index contributed by atoms with van der Waals surface area (Å²) in [6, 6.07) is 20.1. The molecular formula is C18H23ClN2O. The van der Waals surface area contributed by atoms with Crippen LogP contribution < -0.4 is 10.6 Å². The Balaban J connectivity index is 0.00000242. The van der Waals surface area contributed by atoms with Crippen LogP contribution in [0.2, 0.25) is 0 Å². The summed E-state index contributed by atoms with van der Waals surface area (Å²) in [7, 11) is 1.90. The van der Waals surface area contributed by atoms with E-state index in [2.05, 4.69) is 10.6 Å². The zero-order valence-electron chi connectivity index (χ0n) is 12.8. The third-order valence-corrected chi connectivity index (χ3v) is 3.40. The molecule has 1 amide bonds. The summed E-state index contributed by atoms with van der Waals surface area (Å²) in [6.45, 7) is 0.856. The Hall–Kier alpha value is -1.84. The van der Waals surface area contributed by atoms with E-state index in [4.69, 9.17) is 0 Å². The number of carbonyl (C=O) groups is 1. The Labute approximate surface area is 138 Å². The van der Waals surface area contributed by atoms with Gasteiger partial charge in [0, 0.05) is 6.42 Å². The highest BCUT2D eigenvalue weighted by atomic mass is 35.5. The van der Waals surface area contributed by atoms with Gasteiger partial charge in [-0.2, -0.15) is 0 Å². The molecule has 2 aromatic carbocycles. The molecular weight excluding hydrogens is 296 g/mol. The van der Waals surface area contributed by atoms with Gasteiger partial charge in [-0.15, -0.1) is 12.4 Å². The van der Waals surface area contributed by atoms with Crippen LogP contribution in [0.5, 0.6) is 0 Å². The highest BCUT2D eigenvalue weighted by Gasteiger charge is 2.15. The van der Waals surface area contributed by atoms with E-state index >= 15 is 0 Å². The molecule has 0 aliphatic heterocycles. The van der Waals surface area contributed by atoms with Crippen LogP contribution in [-0.2, 0) is 4.79 Å². The van der Waals surface area contributed by atoms with Gasteiger partial charge in [0.25, 0.3) is 0 Å². The van der Waals surface area contributed by atoms with Crippen LogP contribution in [-0.4, -0.2) is 19.5 Å². The van der Waals surface area contributed by atoms with Crippen LogP contribution >= 0.6 is 12.4 Å². The summed E-state index contributed by atoms with van der Waals surface area (Å²) in [4.78, 5) is 12.1. The molecule has 0 fully saturated rings. The number of carbonyl (C=O) groups excluding carboxylic acids is 1. The summed E-state index contributed by atoms with van der Waals surface area (Å²) < 4.78 is 0. The average Bonchev–Trinajstić information content (AvgIpc) is 2.54. The fourth-order valence-corrected chi connectivity index (χ4v) is 2.31. The smallest absolute Gasteiger partial charge is 0.220 e. The summed E-state index contributed by atoms with van der Waals surface area (Å²) in [5.74, 6) is 0.0861. The lowest BCUT2D eigenvalue weighted by molar-refractivity contribution is -0.121. The van der Waals surface area contributed by atoms with E-state index < -0.39 is 0 Å². The van der Waals surface area contributed by atoms with Gasteiger partial charge < -0.3 is 10.6 Å². The molecule has 118 valence electrons. The minimum atomic E-state index is -0.0884. The molecule has 0 aliphatic rings. The van der Waals surface area contributed by atoms with Gasteiger partial charge in [0.05, 0.1) is 6.04 Å². The second-order valence-corrected chi connectivity index (χ2v) is 5.03. The van der Waals surface area contributed by atoms with Gasteiger partial charge >= 0.3 is 0 Å². The van der Waals surface area contributed by atoms with E-state index in [9.17, 15) is 4.79 Å². The van der Waals surface area contributed by atoms with Crippen molar-refractivity contribution in [3.8, 4) is 0 Å². The predicted octanol–water partition coefficient (Wildman–Crippen LogP) is 3.31. The molecule has 0 saturated heterocycles. The van der Waals surface area contributed by atoms with Crippen molar-refractivity contribution in [1.29, 1.82) is 0 Å². The first-order valence-electron chi connectivity index (χ1n) is 7.35. The van der Waals surface area contributed by atoms with Gasteiger partial charge in [-0.1, -0.05) is 60.7 Å². The van der Waals surface area contributed by atoms with Crippen molar-refractivity contribution in [1.82, 2.24) is 10.6 Å². The first-order valence-corrected chi connectivity index (χ1v) is 7.35. The standard InChI is InChI=1S/C18H22N2O.ClH/c1-19-14-8-13-17(21)20-18(15-9-4-2-5-10-15)16-11-6-3-7-12-16;/h2-7,9-12,18-19H,8,13-14H2,1H3,(H,20,21);1H. The maximum Gasteiger partial charge on any atom is 0.220 e. The Morgan fingerprint density at radius 2 is 1.45 bits per heavy atom. The van der Waals surface area contributed by atoms with Gasteiger partial charge in [0.15, 0.2) is 0 Å². The zero-order valence-corrected chi connectivity index (χ0v) is 13.6. The summed E-state index contributed by atoms with van der Waals surface area (Å²) in [5.41, 5.74) is 2.20. The number of hydrogen-bond donors (Lipinski definition) is 2. The molecule has 0 spiro atoms. The van der Waals surface area contributed by atoms with Crippen molar-refractivity contribution in [3.63, 3.8) is 0 Å². The summed E-state index contributed by atoms with van der Waals surface area (Å²) in [6.07, 6.45) is 1.38. The minimum Gasteiger partial charge on any atom is -0.345 e. The number of amides is 1. The molecule has 0 aromatic heterocycles. The summed E-state index contributed by atoms with van der Waals surface area (Å²) >= 11 is 0. The molecule has 0 bridgehead atoms. The van der Waals surface area contributed by atoms with Gasteiger partial charge in [-0.3, -0.25) is 4.79 Å². The van der Waals surface area contributed by atoms with E-state index in [0.29, 0.717) is 6.42 Å².